The molecule has 1 aromatic rings. The molecule has 1 saturated heterocycles. The highest BCUT2D eigenvalue weighted by molar-refractivity contribution is 8.00. The van der Waals surface area contributed by atoms with E-state index in [0.717, 1.165) is 17.9 Å². The maximum Gasteiger partial charge on any atom is 0.316 e. The molecule has 0 radical (unpaired) electrons. The average molecular weight is 323 g/mol. The van der Waals surface area contributed by atoms with E-state index in [1.54, 1.807) is 26.2 Å². The van der Waals surface area contributed by atoms with E-state index in [4.69, 9.17) is 9.84 Å². The number of ether oxygens (including phenoxy) is 1. The fraction of sp³-hybridized carbons (Fsp3) is 0.500. The van der Waals surface area contributed by atoms with Gasteiger partial charge in [-0.15, -0.1) is 11.8 Å². The van der Waals surface area contributed by atoms with Gasteiger partial charge in [-0.1, -0.05) is 12.1 Å². The summed E-state index contributed by atoms with van der Waals surface area (Å²) < 4.78 is 5.15. The van der Waals surface area contributed by atoms with Crippen molar-refractivity contribution in [2.24, 2.45) is 5.92 Å². The molecule has 1 aliphatic heterocycles. The van der Waals surface area contributed by atoms with Crippen LogP contribution in [0, 0.1) is 5.92 Å². The van der Waals surface area contributed by atoms with Crippen LogP contribution >= 0.6 is 11.8 Å². The molecule has 0 aliphatic carbocycles. The minimum absolute atomic E-state index is 0.0284. The Morgan fingerprint density at radius 2 is 2.18 bits per heavy atom. The van der Waals surface area contributed by atoms with Crippen molar-refractivity contribution in [1.82, 2.24) is 4.90 Å². The summed E-state index contributed by atoms with van der Waals surface area (Å²) in [6.45, 7) is 3.70. The Hall–Kier alpha value is -1.53. The molecule has 22 heavy (non-hydrogen) atoms. The first-order valence-corrected chi connectivity index (χ1v) is 8.17. The molecule has 2 unspecified atom stereocenters. The van der Waals surface area contributed by atoms with Crippen molar-refractivity contribution in [3.8, 4) is 0 Å². The third kappa shape index (κ3) is 4.01. The normalized spacial score (nSPS) is 19.2. The number of thioether (sulfide) groups is 1. The van der Waals surface area contributed by atoms with Crippen LogP contribution in [0.1, 0.15) is 23.7 Å². The van der Waals surface area contributed by atoms with Crippen LogP contribution in [0.25, 0.3) is 0 Å². The molecule has 0 spiro atoms. The van der Waals surface area contributed by atoms with E-state index in [0.29, 0.717) is 24.6 Å². The lowest BCUT2D eigenvalue weighted by Crippen LogP contribution is -2.29. The van der Waals surface area contributed by atoms with Gasteiger partial charge in [0, 0.05) is 31.0 Å². The second-order valence-electron chi connectivity index (χ2n) is 5.46. The van der Waals surface area contributed by atoms with E-state index in [-0.39, 0.29) is 5.91 Å². The molecule has 6 heteroatoms. The van der Waals surface area contributed by atoms with E-state index in [1.807, 2.05) is 17.0 Å². The van der Waals surface area contributed by atoms with Gasteiger partial charge in [-0.05, 0) is 25.5 Å². The number of carbonyl (C=O) groups is 2. The number of methoxy groups -OCH3 is 1. The summed E-state index contributed by atoms with van der Waals surface area (Å²) in [6.07, 6.45) is 0.945. The lowest BCUT2D eigenvalue weighted by Gasteiger charge is -2.19. The summed E-state index contributed by atoms with van der Waals surface area (Å²) >= 11 is 1.20. The third-order valence-electron chi connectivity index (χ3n) is 3.74. The maximum absolute atomic E-state index is 12.7. The summed E-state index contributed by atoms with van der Waals surface area (Å²) in [5.74, 6) is -0.528. The fourth-order valence-electron chi connectivity index (χ4n) is 2.55. The van der Waals surface area contributed by atoms with Gasteiger partial charge in [0.1, 0.15) is 5.25 Å². The Bertz CT molecular complexity index is 549. The second-order valence-corrected chi connectivity index (χ2v) is 6.84. The number of hydrogen-bond donors (Lipinski definition) is 1. The number of hydrogen-bond acceptors (Lipinski definition) is 4. The lowest BCUT2D eigenvalue weighted by atomic mass is 10.1. The Morgan fingerprint density at radius 1 is 1.45 bits per heavy atom. The SMILES string of the molecule is COCC1CCN(C(=O)c2ccccc2SC(C)C(=O)O)C1. The zero-order valence-electron chi connectivity index (χ0n) is 12.8. The Morgan fingerprint density at radius 3 is 2.86 bits per heavy atom. The number of likely N-dealkylation sites (tertiary alicyclic amines) is 1. The third-order valence-corrected chi connectivity index (χ3v) is 4.91. The zero-order chi connectivity index (χ0) is 16.1. The molecule has 1 aromatic carbocycles. The molecule has 1 amide bonds. The summed E-state index contributed by atoms with van der Waals surface area (Å²) in [7, 11) is 1.67. The Kier molecular flexibility index (Phi) is 5.85. The first-order valence-electron chi connectivity index (χ1n) is 7.29. The van der Waals surface area contributed by atoms with Crippen molar-refractivity contribution in [3.05, 3.63) is 29.8 Å². The van der Waals surface area contributed by atoms with Crippen LogP contribution in [-0.2, 0) is 9.53 Å². The largest absolute Gasteiger partial charge is 0.480 e. The molecular formula is C16H21NO4S. The van der Waals surface area contributed by atoms with Crippen molar-refractivity contribution in [3.63, 3.8) is 0 Å². The highest BCUT2D eigenvalue weighted by Gasteiger charge is 2.28. The molecule has 2 atom stereocenters. The molecular weight excluding hydrogens is 302 g/mol. The number of aliphatic carboxylic acids is 1. The van der Waals surface area contributed by atoms with E-state index < -0.39 is 11.2 Å². The average Bonchev–Trinajstić information content (AvgIpc) is 2.96. The first kappa shape index (κ1) is 16.8. The summed E-state index contributed by atoms with van der Waals surface area (Å²) in [4.78, 5) is 26.3. The molecule has 0 aromatic heterocycles. The van der Waals surface area contributed by atoms with Gasteiger partial charge in [-0.3, -0.25) is 9.59 Å². The van der Waals surface area contributed by atoms with Gasteiger partial charge in [-0.2, -0.15) is 0 Å². The number of carbonyl (C=O) groups excluding carboxylic acids is 1. The van der Waals surface area contributed by atoms with E-state index in [1.165, 1.54) is 11.8 Å². The van der Waals surface area contributed by atoms with E-state index >= 15 is 0 Å². The van der Waals surface area contributed by atoms with E-state index in [9.17, 15) is 9.59 Å². The number of benzene rings is 1. The van der Waals surface area contributed by atoms with Crippen molar-refractivity contribution >= 4 is 23.6 Å². The van der Waals surface area contributed by atoms with Crippen molar-refractivity contribution in [1.29, 1.82) is 0 Å². The highest BCUT2D eigenvalue weighted by Crippen LogP contribution is 2.29. The number of nitrogens with zero attached hydrogens (tertiary/aromatic N) is 1. The molecule has 5 nitrogen and oxygen atoms in total. The fourth-order valence-corrected chi connectivity index (χ4v) is 3.47. The molecule has 0 bridgehead atoms. The summed E-state index contributed by atoms with van der Waals surface area (Å²) in [5.41, 5.74) is 0.582. The maximum atomic E-state index is 12.7. The number of amides is 1. The molecule has 120 valence electrons. The van der Waals surface area contributed by atoms with Crippen LogP contribution in [0.3, 0.4) is 0 Å². The molecule has 1 aliphatic rings. The zero-order valence-corrected chi connectivity index (χ0v) is 13.6. The minimum atomic E-state index is -0.881. The number of rotatable bonds is 6. The topological polar surface area (TPSA) is 66.8 Å². The van der Waals surface area contributed by atoms with Gasteiger partial charge in [0.05, 0.1) is 12.2 Å². The van der Waals surface area contributed by atoms with Crippen LogP contribution in [-0.4, -0.2) is 53.9 Å². The standard InChI is InChI=1S/C16H21NO4S/c1-11(16(19)20)22-14-6-4-3-5-13(14)15(18)17-8-7-12(9-17)10-21-2/h3-6,11-12H,7-10H2,1-2H3,(H,19,20). The lowest BCUT2D eigenvalue weighted by molar-refractivity contribution is -0.136. The van der Waals surface area contributed by atoms with Crippen molar-refractivity contribution in [2.75, 3.05) is 26.8 Å². The second kappa shape index (κ2) is 7.65. The molecule has 1 N–H and O–H groups in total. The van der Waals surface area contributed by atoms with Crippen molar-refractivity contribution in [2.45, 2.75) is 23.5 Å². The van der Waals surface area contributed by atoms with Crippen LogP contribution in [0.5, 0.6) is 0 Å². The van der Waals surface area contributed by atoms with Gasteiger partial charge in [-0.25, -0.2) is 0 Å². The van der Waals surface area contributed by atoms with E-state index in [2.05, 4.69) is 0 Å². The van der Waals surface area contributed by atoms with Gasteiger partial charge < -0.3 is 14.7 Å². The van der Waals surface area contributed by atoms with Crippen LogP contribution in [0.4, 0.5) is 0 Å². The first-order chi connectivity index (χ1) is 10.5. The number of carboxylic acid groups (broad SMARTS) is 1. The van der Waals surface area contributed by atoms with Crippen molar-refractivity contribution < 1.29 is 19.4 Å². The highest BCUT2D eigenvalue weighted by atomic mass is 32.2. The smallest absolute Gasteiger partial charge is 0.316 e. The van der Waals surface area contributed by atoms with Gasteiger partial charge >= 0.3 is 5.97 Å². The van der Waals surface area contributed by atoms with Gasteiger partial charge in [0.2, 0.25) is 0 Å². The van der Waals surface area contributed by atoms with Crippen LogP contribution in [0.15, 0.2) is 29.2 Å². The molecule has 2 rings (SSSR count). The predicted octanol–water partition coefficient (Wildman–Crippen LogP) is 2.36. The van der Waals surface area contributed by atoms with Gasteiger partial charge in [0.15, 0.2) is 0 Å². The summed E-state index contributed by atoms with van der Waals surface area (Å²) in [5, 5.41) is 8.46. The minimum Gasteiger partial charge on any atom is -0.480 e. The van der Waals surface area contributed by atoms with Crippen LogP contribution in [0.2, 0.25) is 0 Å². The Balaban J connectivity index is 2.11. The summed E-state index contributed by atoms with van der Waals surface area (Å²) in [6, 6.07) is 7.21. The molecule has 1 heterocycles. The quantitative estimate of drug-likeness (QED) is 0.814. The Labute approximate surface area is 134 Å². The number of carboxylic acids is 1. The predicted molar refractivity (Wildman–Crippen MR) is 85.3 cm³/mol. The molecule has 1 fully saturated rings. The monoisotopic (exact) mass is 323 g/mol. The van der Waals surface area contributed by atoms with Crippen LogP contribution < -0.4 is 0 Å². The molecule has 0 saturated carbocycles. The van der Waals surface area contributed by atoms with Gasteiger partial charge in [0.25, 0.3) is 5.91 Å².